The number of amides is 1. The van der Waals surface area contributed by atoms with Crippen LogP contribution in [0.25, 0.3) is 11.1 Å². The van der Waals surface area contributed by atoms with Gasteiger partial charge in [-0.2, -0.15) is 0 Å². The van der Waals surface area contributed by atoms with Crippen molar-refractivity contribution in [3.05, 3.63) is 84.4 Å². The second kappa shape index (κ2) is 8.17. The van der Waals surface area contributed by atoms with Crippen LogP contribution in [0.15, 0.2) is 78.9 Å². The summed E-state index contributed by atoms with van der Waals surface area (Å²) in [7, 11) is 1.69. The molecule has 0 aromatic heterocycles. The van der Waals surface area contributed by atoms with Crippen molar-refractivity contribution in [1.82, 2.24) is 4.90 Å². The van der Waals surface area contributed by atoms with Gasteiger partial charge in [0.05, 0.1) is 12.8 Å². The largest absolute Gasteiger partial charge is 0.495 e. The van der Waals surface area contributed by atoms with Gasteiger partial charge in [-0.25, -0.2) is 0 Å². The smallest absolute Gasteiger partial charge is 0.253 e. The Balaban J connectivity index is 1.41. The number of benzene rings is 3. The predicted octanol–water partition coefficient (Wildman–Crippen LogP) is 4.32. The van der Waals surface area contributed by atoms with Crippen LogP contribution in [-0.2, 0) is 0 Å². The highest BCUT2D eigenvalue weighted by molar-refractivity contribution is 5.95. The highest BCUT2D eigenvalue weighted by atomic mass is 16.5. The van der Waals surface area contributed by atoms with Crippen molar-refractivity contribution >= 4 is 11.6 Å². The molecule has 0 bridgehead atoms. The van der Waals surface area contributed by atoms with E-state index in [2.05, 4.69) is 23.1 Å². The van der Waals surface area contributed by atoms with E-state index in [0.717, 1.165) is 41.2 Å². The fraction of sp³-hybridized carbons (Fsp3) is 0.208. The number of carbonyl (C=O) groups is 1. The number of rotatable bonds is 4. The normalized spacial score (nSPS) is 14.0. The number of methoxy groups -OCH3 is 1. The van der Waals surface area contributed by atoms with Crippen LogP contribution in [0.2, 0.25) is 0 Å². The summed E-state index contributed by atoms with van der Waals surface area (Å²) in [5.74, 6) is 0.970. The van der Waals surface area contributed by atoms with Gasteiger partial charge in [0.25, 0.3) is 5.91 Å². The number of carbonyl (C=O) groups excluding carboxylic acids is 1. The maximum Gasteiger partial charge on any atom is 0.253 e. The van der Waals surface area contributed by atoms with Crippen LogP contribution in [0.3, 0.4) is 0 Å². The average molecular weight is 372 g/mol. The van der Waals surface area contributed by atoms with Gasteiger partial charge in [-0.05, 0) is 35.4 Å². The topological polar surface area (TPSA) is 32.8 Å². The third kappa shape index (κ3) is 3.72. The zero-order valence-electron chi connectivity index (χ0n) is 16.0. The van der Waals surface area contributed by atoms with Crippen LogP contribution < -0.4 is 9.64 Å². The van der Waals surface area contributed by atoms with Crippen LogP contribution in [0.5, 0.6) is 5.75 Å². The number of piperazine rings is 1. The fourth-order valence-corrected chi connectivity index (χ4v) is 3.66. The summed E-state index contributed by atoms with van der Waals surface area (Å²) < 4.78 is 5.47. The van der Waals surface area contributed by atoms with Crippen LogP contribution in [0, 0.1) is 0 Å². The number of anilines is 1. The van der Waals surface area contributed by atoms with E-state index in [4.69, 9.17) is 4.74 Å². The Morgan fingerprint density at radius 1 is 0.750 bits per heavy atom. The molecule has 0 unspecified atom stereocenters. The van der Waals surface area contributed by atoms with Crippen LogP contribution >= 0.6 is 0 Å². The van der Waals surface area contributed by atoms with Crippen LogP contribution in [0.4, 0.5) is 5.69 Å². The first-order valence-corrected chi connectivity index (χ1v) is 9.59. The minimum atomic E-state index is 0.0966. The first-order valence-electron chi connectivity index (χ1n) is 9.59. The molecule has 0 radical (unpaired) electrons. The Labute approximate surface area is 166 Å². The van der Waals surface area contributed by atoms with Gasteiger partial charge in [-0.1, -0.05) is 54.6 Å². The molecule has 0 aliphatic carbocycles. The third-order valence-electron chi connectivity index (χ3n) is 5.23. The molecule has 1 amide bonds. The van der Waals surface area contributed by atoms with Crippen molar-refractivity contribution in [1.29, 1.82) is 0 Å². The number of para-hydroxylation sites is 2. The zero-order chi connectivity index (χ0) is 19.3. The van der Waals surface area contributed by atoms with Gasteiger partial charge < -0.3 is 14.5 Å². The molecule has 1 aliphatic heterocycles. The van der Waals surface area contributed by atoms with Gasteiger partial charge in [0.1, 0.15) is 5.75 Å². The van der Waals surface area contributed by atoms with E-state index in [9.17, 15) is 4.79 Å². The summed E-state index contributed by atoms with van der Waals surface area (Å²) in [6.45, 7) is 3.01. The molecule has 0 spiro atoms. The zero-order valence-corrected chi connectivity index (χ0v) is 16.0. The quantitative estimate of drug-likeness (QED) is 0.684. The Kier molecular flexibility index (Phi) is 5.29. The van der Waals surface area contributed by atoms with E-state index < -0.39 is 0 Å². The molecular weight excluding hydrogens is 348 g/mol. The van der Waals surface area contributed by atoms with E-state index in [1.54, 1.807) is 7.11 Å². The Bertz CT molecular complexity index is 930. The van der Waals surface area contributed by atoms with Gasteiger partial charge in [0, 0.05) is 31.7 Å². The lowest BCUT2D eigenvalue weighted by Gasteiger charge is -2.36. The lowest BCUT2D eigenvalue weighted by molar-refractivity contribution is 0.0746. The Morgan fingerprint density at radius 3 is 2.04 bits per heavy atom. The fourth-order valence-electron chi connectivity index (χ4n) is 3.66. The molecule has 3 aromatic carbocycles. The molecule has 0 saturated carbocycles. The van der Waals surface area contributed by atoms with Gasteiger partial charge in [0.2, 0.25) is 0 Å². The molecule has 1 aliphatic rings. The lowest BCUT2D eigenvalue weighted by Crippen LogP contribution is -2.48. The second-order valence-electron chi connectivity index (χ2n) is 6.89. The SMILES string of the molecule is COc1ccccc1N1CCN(C(=O)c2ccc(-c3ccccc3)cc2)CC1. The number of hydrogen-bond acceptors (Lipinski definition) is 3. The number of hydrogen-bond donors (Lipinski definition) is 0. The molecule has 4 heteroatoms. The lowest BCUT2D eigenvalue weighted by atomic mass is 10.0. The molecule has 142 valence electrons. The summed E-state index contributed by atoms with van der Waals surface area (Å²) in [6.07, 6.45) is 0. The maximum atomic E-state index is 12.9. The van der Waals surface area contributed by atoms with Crippen molar-refractivity contribution in [2.24, 2.45) is 0 Å². The van der Waals surface area contributed by atoms with Crippen molar-refractivity contribution < 1.29 is 9.53 Å². The summed E-state index contributed by atoms with van der Waals surface area (Å²) in [6, 6.07) is 26.1. The molecular formula is C24H24N2O2. The molecule has 1 heterocycles. The number of ether oxygens (including phenoxy) is 1. The highest BCUT2D eigenvalue weighted by Crippen LogP contribution is 2.28. The minimum Gasteiger partial charge on any atom is -0.495 e. The Morgan fingerprint density at radius 2 is 1.36 bits per heavy atom. The highest BCUT2D eigenvalue weighted by Gasteiger charge is 2.23. The standard InChI is InChI=1S/C24H24N2O2/c1-28-23-10-6-5-9-22(23)25-15-17-26(18-16-25)24(27)21-13-11-20(12-14-21)19-7-3-2-4-8-19/h2-14H,15-18H2,1H3. The monoisotopic (exact) mass is 372 g/mol. The van der Waals surface area contributed by atoms with Gasteiger partial charge in [0.15, 0.2) is 0 Å². The van der Waals surface area contributed by atoms with E-state index in [-0.39, 0.29) is 5.91 Å². The molecule has 4 nitrogen and oxygen atoms in total. The summed E-state index contributed by atoms with van der Waals surface area (Å²) in [4.78, 5) is 17.1. The minimum absolute atomic E-state index is 0.0966. The van der Waals surface area contributed by atoms with Crippen molar-refractivity contribution in [3.63, 3.8) is 0 Å². The predicted molar refractivity (Wildman–Crippen MR) is 113 cm³/mol. The molecule has 3 aromatic rings. The summed E-state index contributed by atoms with van der Waals surface area (Å²) in [5, 5.41) is 0. The van der Waals surface area contributed by atoms with Gasteiger partial charge >= 0.3 is 0 Å². The maximum absolute atomic E-state index is 12.9. The van der Waals surface area contributed by atoms with Gasteiger partial charge in [-0.15, -0.1) is 0 Å². The first kappa shape index (κ1) is 18.1. The summed E-state index contributed by atoms with van der Waals surface area (Å²) >= 11 is 0. The third-order valence-corrected chi connectivity index (χ3v) is 5.23. The molecule has 1 saturated heterocycles. The van der Waals surface area contributed by atoms with Crippen LogP contribution in [-0.4, -0.2) is 44.1 Å². The first-order chi connectivity index (χ1) is 13.8. The van der Waals surface area contributed by atoms with Gasteiger partial charge in [-0.3, -0.25) is 4.79 Å². The molecule has 1 fully saturated rings. The average Bonchev–Trinajstić information content (AvgIpc) is 2.79. The molecule has 28 heavy (non-hydrogen) atoms. The second-order valence-corrected chi connectivity index (χ2v) is 6.89. The molecule has 0 N–H and O–H groups in total. The van der Waals surface area contributed by atoms with Crippen LogP contribution in [0.1, 0.15) is 10.4 Å². The molecule has 4 rings (SSSR count). The number of nitrogens with zero attached hydrogens (tertiary/aromatic N) is 2. The van der Waals surface area contributed by atoms with E-state index in [0.29, 0.717) is 13.1 Å². The summed E-state index contributed by atoms with van der Waals surface area (Å²) in [5.41, 5.74) is 4.11. The Hall–Kier alpha value is -3.27. The van der Waals surface area contributed by atoms with Crippen molar-refractivity contribution in [2.75, 3.05) is 38.2 Å². The van der Waals surface area contributed by atoms with Crippen molar-refractivity contribution in [3.8, 4) is 16.9 Å². The van der Waals surface area contributed by atoms with E-state index in [1.165, 1.54) is 0 Å². The van der Waals surface area contributed by atoms with E-state index in [1.807, 2.05) is 65.6 Å². The van der Waals surface area contributed by atoms with Crippen molar-refractivity contribution in [2.45, 2.75) is 0 Å². The molecule has 0 atom stereocenters. The van der Waals surface area contributed by atoms with E-state index >= 15 is 0 Å².